The normalized spacial score (nSPS) is 13.0. The highest BCUT2D eigenvalue weighted by molar-refractivity contribution is 7.86. The van der Waals surface area contributed by atoms with E-state index in [0.29, 0.717) is 5.69 Å². The van der Waals surface area contributed by atoms with Gasteiger partial charge in [0, 0.05) is 27.7 Å². The molecule has 6 N–H and O–H groups in total. The molecule has 0 atom stereocenters. The van der Waals surface area contributed by atoms with Crippen molar-refractivity contribution in [1.29, 1.82) is 0 Å². The van der Waals surface area contributed by atoms with Gasteiger partial charge in [0.25, 0.3) is 30.4 Å². The topological polar surface area (TPSA) is 272 Å². The third kappa shape index (κ3) is 6.28. The van der Waals surface area contributed by atoms with Crippen LogP contribution in [0.1, 0.15) is 0 Å². The van der Waals surface area contributed by atoms with Gasteiger partial charge < -0.3 is 10.8 Å². The minimum atomic E-state index is -5.13. The maximum atomic E-state index is 12.3. The number of rotatable bonds is 7. The third-order valence-corrected chi connectivity index (χ3v) is 9.72. The van der Waals surface area contributed by atoms with E-state index in [-0.39, 0.29) is 32.9 Å². The lowest BCUT2D eigenvalue weighted by molar-refractivity contribution is 0.472. The van der Waals surface area contributed by atoms with Crippen LogP contribution in [-0.2, 0) is 30.4 Å². The zero-order valence-corrected chi connectivity index (χ0v) is 26.3. The Morgan fingerprint density at radius 2 is 1.27 bits per heavy atom. The molecule has 1 aromatic heterocycles. The van der Waals surface area contributed by atoms with Crippen LogP contribution in [0.15, 0.2) is 120 Å². The molecule has 19 heteroatoms. The van der Waals surface area contributed by atoms with Crippen molar-refractivity contribution in [3.8, 4) is 5.75 Å². The van der Waals surface area contributed by atoms with Gasteiger partial charge in [0.05, 0.1) is 33.2 Å². The van der Waals surface area contributed by atoms with E-state index in [1.54, 1.807) is 30.5 Å². The van der Waals surface area contributed by atoms with E-state index in [2.05, 4.69) is 25.4 Å². The Bertz CT molecular complexity index is 2740. The molecule has 1 heterocycles. The zero-order chi connectivity index (χ0) is 34.6. The van der Waals surface area contributed by atoms with E-state index in [0.717, 1.165) is 41.2 Å². The summed E-state index contributed by atoms with van der Waals surface area (Å²) >= 11 is 0. The van der Waals surface area contributed by atoms with Crippen LogP contribution in [0.5, 0.6) is 5.75 Å². The van der Waals surface area contributed by atoms with Crippen molar-refractivity contribution in [2.24, 2.45) is 20.5 Å². The molecule has 0 bridgehead atoms. The van der Waals surface area contributed by atoms with Gasteiger partial charge in [-0.1, -0.05) is 12.1 Å². The minimum absolute atomic E-state index is 0.0590. The van der Waals surface area contributed by atoms with Gasteiger partial charge in [0.1, 0.15) is 15.5 Å². The summed E-state index contributed by atoms with van der Waals surface area (Å²) in [4.78, 5) is 1.98. The molecule has 0 aliphatic carbocycles. The Morgan fingerprint density at radius 1 is 0.604 bits per heavy atom. The Labute approximate surface area is 271 Å². The van der Waals surface area contributed by atoms with Crippen LogP contribution in [0.25, 0.3) is 32.4 Å². The van der Waals surface area contributed by atoms with E-state index in [1.807, 2.05) is 6.07 Å². The zero-order valence-electron chi connectivity index (χ0n) is 23.9. The first-order valence-electron chi connectivity index (χ1n) is 13.3. The predicted octanol–water partition coefficient (Wildman–Crippen LogP) is 6.40. The van der Waals surface area contributed by atoms with Crippen LogP contribution in [0.3, 0.4) is 0 Å². The van der Waals surface area contributed by atoms with Crippen LogP contribution in [-0.4, -0.2) is 49.0 Å². The average molecular weight is 709 g/mol. The average Bonchev–Trinajstić information content (AvgIpc) is 3.01. The quantitative estimate of drug-likeness (QED) is 0.0684. The maximum Gasteiger partial charge on any atom is 0.296 e. The van der Waals surface area contributed by atoms with Crippen LogP contribution >= 0.6 is 0 Å². The standard InChI is InChI=1S/C29H20N6O10S3/c30-22-14-20-16(11-26(22)47(40,41)42)12-27(48(43,44)45)28(29(20)36)35-34-25-8-7-24(19-5-4-18(13-21(19)25)46(37,38)39)33-32-17-3-6-23-15(10-17)2-1-9-31-23/h1-14,36H,30H2,(H,37,38,39)(H,40,41,42)(H,43,44,45). The molecule has 0 fully saturated rings. The lowest BCUT2D eigenvalue weighted by atomic mass is 10.1. The summed E-state index contributed by atoms with van der Waals surface area (Å²) in [6, 6.07) is 17.7. The summed E-state index contributed by atoms with van der Waals surface area (Å²) in [7, 11) is -14.7. The molecular formula is C29H20N6O10S3. The summed E-state index contributed by atoms with van der Waals surface area (Å²) in [5.74, 6) is -0.878. The van der Waals surface area contributed by atoms with Crippen molar-refractivity contribution in [3.05, 3.63) is 85.1 Å². The van der Waals surface area contributed by atoms with E-state index in [4.69, 9.17) is 5.73 Å². The second-order valence-corrected chi connectivity index (χ2v) is 14.4. The van der Waals surface area contributed by atoms with Gasteiger partial charge in [-0.15, -0.1) is 15.3 Å². The molecule has 48 heavy (non-hydrogen) atoms. The van der Waals surface area contributed by atoms with E-state index >= 15 is 0 Å². The fourth-order valence-electron chi connectivity index (χ4n) is 4.88. The molecule has 0 saturated carbocycles. The molecule has 0 radical (unpaired) electrons. The molecule has 0 aliphatic heterocycles. The van der Waals surface area contributed by atoms with Crippen molar-refractivity contribution in [2.75, 3.05) is 5.73 Å². The minimum Gasteiger partial charge on any atom is -0.505 e. The lowest BCUT2D eigenvalue weighted by Gasteiger charge is -2.11. The number of nitrogen functional groups attached to an aromatic ring is 1. The Kier molecular flexibility index (Phi) is 7.90. The van der Waals surface area contributed by atoms with Crippen molar-refractivity contribution < 1.29 is 44.0 Å². The largest absolute Gasteiger partial charge is 0.505 e. The smallest absolute Gasteiger partial charge is 0.296 e. The Hall–Kier alpha value is -5.44. The fraction of sp³-hybridized carbons (Fsp3) is 0. The lowest BCUT2D eigenvalue weighted by Crippen LogP contribution is -2.04. The first kappa shape index (κ1) is 32.5. The molecule has 6 rings (SSSR count). The number of fused-ring (bicyclic) bond motifs is 3. The molecular weight excluding hydrogens is 689 g/mol. The van der Waals surface area contributed by atoms with E-state index in [9.17, 15) is 44.0 Å². The van der Waals surface area contributed by atoms with Gasteiger partial charge in [0.15, 0.2) is 5.75 Å². The van der Waals surface area contributed by atoms with Crippen molar-refractivity contribution in [3.63, 3.8) is 0 Å². The van der Waals surface area contributed by atoms with Gasteiger partial charge >= 0.3 is 0 Å². The third-order valence-electron chi connectivity index (χ3n) is 7.09. The van der Waals surface area contributed by atoms with Gasteiger partial charge in [0.2, 0.25) is 0 Å². The second kappa shape index (κ2) is 11.7. The van der Waals surface area contributed by atoms with Crippen molar-refractivity contribution in [1.82, 2.24) is 4.98 Å². The number of benzene rings is 5. The molecule has 0 saturated heterocycles. The number of phenolic OH excluding ortho intramolecular Hbond substituents is 1. The SMILES string of the molecule is Nc1cc2c(O)c(N=Nc3ccc(N=Nc4ccc5ncccc5c4)c4ccc(S(=O)(=O)O)cc34)c(S(=O)(=O)O)cc2cc1S(=O)(=O)O. The molecule has 6 aromatic rings. The number of hydrogen-bond donors (Lipinski definition) is 5. The Morgan fingerprint density at radius 3 is 1.96 bits per heavy atom. The molecule has 244 valence electrons. The highest BCUT2D eigenvalue weighted by Crippen LogP contribution is 2.44. The summed E-state index contributed by atoms with van der Waals surface area (Å²) in [5, 5.41) is 28.1. The fourth-order valence-corrected chi connectivity index (χ4v) is 6.68. The Balaban J connectivity index is 1.51. The van der Waals surface area contributed by atoms with Crippen LogP contribution in [0.4, 0.5) is 28.4 Å². The number of nitrogens with two attached hydrogens (primary N) is 1. The molecule has 5 aromatic carbocycles. The van der Waals surface area contributed by atoms with Crippen molar-refractivity contribution >= 4 is 91.2 Å². The number of nitrogens with zero attached hydrogens (tertiary/aromatic N) is 5. The highest BCUT2D eigenvalue weighted by atomic mass is 32.2. The summed E-state index contributed by atoms with van der Waals surface area (Å²) in [6.45, 7) is 0. The second-order valence-electron chi connectivity index (χ2n) is 10.2. The monoisotopic (exact) mass is 708 g/mol. The van der Waals surface area contributed by atoms with Crippen LogP contribution in [0, 0.1) is 0 Å². The number of phenols is 1. The first-order chi connectivity index (χ1) is 22.5. The molecule has 16 nitrogen and oxygen atoms in total. The van der Waals surface area contributed by atoms with Gasteiger partial charge in [-0.25, -0.2) is 0 Å². The number of hydrogen-bond acceptors (Lipinski definition) is 13. The number of azo groups is 2. The van der Waals surface area contributed by atoms with Crippen molar-refractivity contribution in [2.45, 2.75) is 14.7 Å². The van der Waals surface area contributed by atoms with Gasteiger partial charge in [-0.2, -0.15) is 30.4 Å². The van der Waals surface area contributed by atoms with Crippen LogP contribution < -0.4 is 5.73 Å². The number of pyridine rings is 1. The molecule has 0 amide bonds. The molecule has 0 unspecified atom stereocenters. The molecule has 0 spiro atoms. The number of aromatic nitrogens is 1. The first-order valence-corrected chi connectivity index (χ1v) is 17.6. The number of anilines is 1. The number of aromatic hydroxyl groups is 1. The summed E-state index contributed by atoms with van der Waals surface area (Å²) in [5.41, 5.74) is 5.85. The van der Waals surface area contributed by atoms with E-state index < -0.39 is 62.2 Å². The van der Waals surface area contributed by atoms with Gasteiger partial charge in [-0.05, 0) is 72.1 Å². The maximum absolute atomic E-state index is 12.3. The highest BCUT2D eigenvalue weighted by Gasteiger charge is 2.25. The summed E-state index contributed by atoms with van der Waals surface area (Å²) < 4.78 is 101. The van der Waals surface area contributed by atoms with Crippen LogP contribution in [0.2, 0.25) is 0 Å². The van der Waals surface area contributed by atoms with E-state index in [1.165, 1.54) is 18.2 Å². The molecule has 0 aliphatic rings. The summed E-state index contributed by atoms with van der Waals surface area (Å²) in [6.07, 6.45) is 1.65. The predicted molar refractivity (Wildman–Crippen MR) is 174 cm³/mol. The van der Waals surface area contributed by atoms with Gasteiger partial charge in [-0.3, -0.25) is 18.6 Å².